The van der Waals surface area contributed by atoms with Crippen molar-refractivity contribution in [1.29, 1.82) is 0 Å². The van der Waals surface area contributed by atoms with Crippen molar-refractivity contribution in [3.63, 3.8) is 0 Å². The van der Waals surface area contributed by atoms with Gasteiger partial charge in [-0.15, -0.1) is 0 Å². The molecule has 0 aromatic carbocycles. The molecule has 0 heterocycles. The van der Waals surface area contributed by atoms with Gasteiger partial charge in [-0.2, -0.15) is 0 Å². The minimum atomic E-state index is -1.19. The number of carbonyl (C=O) groups excluding carboxylic acids is 1. The highest BCUT2D eigenvalue weighted by molar-refractivity contribution is 9.09. The standard InChI is InChI=1S/C29H49BrO4/c1-7-19(16(2)3)26(33)25(32)17(4)21-8-9-22-20-14-24(31)29(34)15-18(30)10-13-28(29,6)23(20)11-12-27(21,22)5/h16-23,25-26,32-34H,7-15H2,1-6H3/t17-,18-,19-,20-,21+,22-,23-,25+,26+,27+,28+,29-/m0/s1. The Bertz CT molecular complexity index is 771. The van der Waals surface area contributed by atoms with Gasteiger partial charge >= 0.3 is 0 Å². The molecule has 0 aromatic rings. The normalized spacial score (nSPS) is 48.0. The summed E-state index contributed by atoms with van der Waals surface area (Å²) in [5.74, 6) is 2.09. The first-order valence-corrected chi connectivity index (χ1v) is 15.0. The van der Waals surface area contributed by atoms with Crippen LogP contribution in [0.15, 0.2) is 0 Å². The van der Waals surface area contributed by atoms with E-state index < -0.39 is 17.8 Å². The van der Waals surface area contributed by atoms with E-state index in [1.165, 1.54) is 0 Å². The number of halogens is 1. The van der Waals surface area contributed by atoms with Crippen LogP contribution in [0, 0.1) is 52.3 Å². The molecule has 12 atom stereocenters. The zero-order chi connectivity index (χ0) is 25.2. The summed E-state index contributed by atoms with van der Waals surface area (Å²) in [4.78, 5) is 13.7. The first-order chi connectivity index (χ1) is 15.8. The van der Waals surface area contributed by atoms with Crippen molar-refractivity contribution in [2.24, 2.45) is 52.3 Å². The van der Waals surface area contributed by atoms with Crippen LogP contribution in [0.4, 0.5) is 0 Å². The molecule has 4 saturated carbocycles. The molecule has 0 aliphatic heterocycles. The Morgan fingerprint density at radius 3 is 2.29 bits per heavy atom. The predicted octanol–water partition coefficient (Wildman–Crippen LogP) is 5.74. The lowest BCUT2D eigenvalue weighted by atomic mass is 9.43. The molecular weight excluding hydrogens is 492 g/mol. The Balaban J connectivity index is 1.57. The summed E-state index contributed by atoms with van der Waals surface area (Å²) in [6.07, 6.45) is 6.77. The van der Waals surface area contributed by atoms with Gasteiger partial charge in [0.05, 0.1) is 12.2 Å². The quantitative estimate of drug-likeness (QED) is 0.375. The van der Waals surface area contributed by atoms with E-state index in [1.54, 1.807) is 0 Å². The molecule has 196 valence electrons. The summed E-state index contributed by atoms with van der Waals surface area (Å²) in [5, 5.41) is 34.0. The third-order valence-corrected chi connectivity index (χ3v) is 12.7. The first kappa shape index (κ1) is 27.1. The third-order valence-electron chi connectivity index (χ3n) is 11.9. The number of carbonyl (C=O) groups is 1. The molecule has 4 aliphatic carbocycles. The van der Waals surface area contributed by atoms with Crippen LogP contribution >= 0.6 is 15.9 Å². The number of hydrogen-bond donors (Lipinski definition) is 3. The first-order valence-electron chi connectivity index (χ1n) is 14.1. The molecule has 0 radical (unpaired) electrons. The zero-order valence-electron chi connectivity index (χ0n) is 22.3. The van der Waals surface area contributed by atoms with E-state index in [0.717, 1.165) is 44.9 Å². The van der Waals surface area contributed by atoms with Crippen molar-refractivity contribution < 1.29 is 20.1 Å². The second-order valence-corrected chi connectivity index (χ2v) is 14.8. The highest BCUT2D eigenvalue weighted by Crippen LogP contribution is 2.68. The summed E-state index contributed by atoms with van der Waals surface area (Å²) in [5.41, 5.74) is -1.44. The highest BCUT2D eigenvalue weighted by atomic mass is 79.9. The molecule has 5 heteroatoms. The Labute approximate surface area is 215 Å². The summed E-state index contributed by atoms with van der Waals surface area (Å²) >= 11 is 3.70. The average molecular weight is 542 g/mol. The summed E-state index contributed by atoms with van der Waals surface area (Å²) in [7, 11) is 0. The van der Waals surface area contributed by atoms with Crippen molar-refractivity contribution in [1.82, 2.24) is 0 Å². The predicted molar refractivity (Wildman–Crippen MR) is 140 cm³/mol. The van der Waals surface area contributed by atoms with E-state index >= 15 is 0 Å². The monoisotopic (exact) mass is 540 g/mol. The zero-order valence-corrected chi connectivity index (χ0v) is 23.9. The van der Waals surface area contributed by atoms with Gasteiger partial charge in [0.15, 0.2) is 5.78 Å². The number of hydrogen-bond acceptors (Lipinski definition) is 4. The highest BCUT2D eigenvalue weighted by Gasteiger charge is 2.67. The molecule has 0 spiro atoms. The maximum atomic E-state index is 13.5. The van der Waals surface area contributed by atoms with Gasteiger partial charge in [-0.05, 0) is 91.8 Å². The average Bonchev–Trinajstić information content (AvgIpc) is 3.12. The van der Waals surface area contributed by atoms with Crippen molar-refractivity contribution in [3.05, 3.63) is 0 Å². The van der Waals surface area contributed by atoms with Crippen LogP contribution in [-0.2, 0) is 4.79 Å². The van der Waals surface area contributed by atoms with Crippen LogP contribution in [0.5, 0.6) is 0 Å². The Kier molecular flexibility index (Phi) is 7.49. The van der Waals surface area contributed by atoms with Gasteiger partial charge in [-0.25, -0.2) is 0 Å². The fraction of sp³-hybridized carbons (Fsp3) is 0.966. The van der Waals surface area contributed by atoms with Crippen LogP contribution in [0.1, 0.15) is 99.3 Å². The van der Waals surface area contributed by atoms with Crippen molar-refractivity contribution in [2.45, 2.75) is 122 Å². The van der Waals surface area contributed by atoms with Gasteiger partial charge in [0.2, 0.25) is 0 Å². The minimum absolute atomic E-state index is 0.0324. The molecule has 0 amide bonds. The van der Waals surface area contributed by atoms with Gasteiger partial charge in [-0.1, -0.05) is 63.9 Å². The second kappa shape index (κ2) is 9.40. The lowest BCUT2D eigenvalue weighted by Gasteiger charge is -2.63. The Morgan fingerprint density at radius 2 is 1.68 bits per heavy atom. The van der Waals surface area contributed by atoms with Crippen LogP contribution in [0.25, 0.3) is 0 Å². The van der Waals surface area contributed by atoms with Gasteiger partial charge in [-0.3, -0.25) is 4.79 Å². The minimum Gasteiger partial charge on any atom is -0.390 e. The smallest absolute Gasteiger partial charge is 0.165 e. The SMILES string of the molecule is CC[C@@H](C(C)C)[C@@H](O)[C@H](O)[C@@H](C)[C@H]1CC[C@H]2[C@@H]3CC(=O)[C@@]4(O)C[C@@H](Br)CC[C@]4(C)[C@H]3CC[C@]12C. The molecule has 0 aromatic heterocycles. The lowest BCUT2D eigenvalue weighted by Crippen LogP contribution is -2.66. The molecular formula is C29H49BrO4. The number of Topliss-reactive ketones (excluding diaryl/α,β-unsaturated/α-hetero) is 1. The molecule has 0 unspecified atom stereocenters. The summed E-state index contributed by atoms with van der Waals surface area (Å²) < 4.78 is 0. The molecule has 0 bridgehead atoms. The summed E-state index contributed by atoms with van der Waals surface area (Å²) in [6, 6.07) is 0. The fourth-order valence-electron chi connectivity index (χ4n) is 9.80. The fourth-order valence-corrected chi connectivity index (χ4v) is 10.5. The lowest BCUT2D eigenvalue weighted by molar-refractivity contribution is -0.203. The van der Waals surface area contributed by atoms with Gasteiger partial charge in [0.25, 0.3) is 0 Å². The molecule has 4 nitrogen and oxygen atoms in total. The number of aliphatic hydroxyl groups is 3. The van der Waals surface area contributed by atoms with E-state index in [2.05, 4.69) is 57.5 Å². The number of ketones is 1. The van der Waals surface area contributed by atoms with Crippen LogP contribution < -0.4 is 0 Å². The third kappa shape index (κ3) is 3.89. The maximum Gasteiger partial charge on any atom is 0.165 e. The largest absolute Gasteiger partial charge is 0.390 e. The van der Waals surface area contributed by atoms with E-state index in [0.29, 0.717) is 42.4 Å². The van der Waals surface area contributed by atoms with E-state index in [4.69, 9.17) is 0 Å². The molecule has 0 saturated heterocycles. The molecule has 4 aliphatic rings. The molecule has 34 heavy (non-hydrogen) atoms. The number of alkyl halides is 1. The number of rotatable bonds is 6. The molecule has 4 fully saturated rings. The Hall–Kier alpha value is 0.0300. The topological polar surface area (TPSA) is 77.8 Å². The van der Waals surface area contributed by atoms with Gasteiger partial charge in [0.1, 0.15) is 5.60 Å². The van der Waals surface area contributed by atoms with Crippen molar-refractivity contribution in [3.8, 4) is 0 Å². The number of aliphatic hydroxyl groups excluding tert-OH is 2. The van der Waals surface area contributed by atoms with Gasteiger partial charge in [0, 0.05) is 16.7 Å². The molecule has 3 N–H and O–H groups in total. The maximum absolute atomic E-state index is 13.5. The second-order valence-electron chi connectivity index (χ2n) is 13.5. The summed E-state index contributed by atoms with van der Waals surface area (Å²) in [6.45, 7) is 13.1. The van der Waals surface area contributed by atoms with Crippen molar-refractivity contribution >= 4 is 21.7 Å². The van der Waals surface area contributed by atoms with E-state index in [9.17, 15) is 20.1 Å². The van der Waals surface area contributed by atoms with Crippen molar-refractivity contribution in [2.75, 3.05) is 0 Å². The van der Waals surface area contributed by atoms with Crippen LogP contribution in [0.2, 0.25) is 0 Å². The van der Waals surface area contributed by atoms with Crippen LogP contribution in [0.3, 0.4) is 0 Å². The Morgan fingerprint density at radius 1 is 1.00 bits per heavy atom. The van der Waals surface area contributed by atoms with Gasteiger partial charge < -0.3 is 15.3 Å². The van der Waals surface area contributed by atoms with Crippen LogP contribution in [-0.4, -0.2) is 43.7 Å². The van der Waals surface area contributed by atoms with E-state index in [-0.39, 0.29) is 33.3 Å². The molecule has 4 rings (SSSR count). The number of fused-ring (bicyclic) bond motifs is 5. The van der Waals surface area contributed by atoms with E-state index in [1.807, 2.05) is 0 Å².